The number of hydrogen-bond donors (Lipinski definition) is 2. The largest absolute Gasteiger partial charge is 0.454 e. The van der Waals surface area contributed by atoms with Crippen molar-refractivity contribution < 1.29 is 14.6 Å². The Hall–Kier alpha value is -0.970. The van der Waals surface area contributed by atoms with Gasteiger partial charge in [-0.1, -0.05) is 25.4 Å². The van der Waals surface area contributed by atoms with Crippen molar-refractivity contribution in [3.05, 3.63) is 22.7 Å². The van der Waals surface area contributed by atoms with Gasteiger partial charge in [0.25, 0.3) is 0 Å². The molecule has 2 rings (SSSR count). The minimum absolute atomic E-state index is 0.0783. The van der Waals surface area contributed by atoms with E-state index in [-0.39, 0.29) is 18.8 Å². The number of benzene rings is 1. The van der Waals surface area contributed by atoms with Crippen LogP contribution in [-0.2, 0) is 6.54 Å². The summed E-state index contributed by atoms with van der Waals surface area (Å²) in [6.45, 7) is 6.25. The molecule has 1 aromatic carbocycles. The fraction of sp³-hybridized carbons (Fsp3) is 0.571. The Morgan fingerprint density at radius 1 is 1.37 bits per heavy atom. The van der Waals surface area contributed by atoms with Gasteiger partial charge in [-0.15, -0.1) is 0 Å². The second-order valence-corrected chi connectivity index (χ2v) is 5.96. The molecule has 0 atom stereocenters. The molecule has 0 spiro atoms. The highest BCUT2D eigenvalue weighted by atomic mass is 35.5. The molecule has 0 unspecified atom stereocenters. The van der Waals surface area contributed by atoms with Crippen LogP contribution < -0.4 is 14.8 Å². The highest BCUT2D eigenvalue weighted by molar-refractivity contribution is 6.32. The predicted octanol–water partition coefficient (Wildman–Crippen LogP) is 2.57. The number of ether oxygens (including phenoxy) is 2. The SMILES string of the molecule is CC(C)(CCO)CNCc1cc(Cl)c2c(c1)OCO2. The number of halogens is 1. The second kappa shape index (κ2) is 5.99. The molecule has 0 saturated heterocycles. The lowest BCUT2D eigenvalue weighted by Gasteiger charge is -2.24. The molecule has 0 radical (unpaired) electrons. The summed E-state index contributed by atoms with van der Waals surface area (Å²) in [5.41, 5.74) is 1.14. The van der Waals surface area contributed by atoms with Gasteiger partial charge in [0, 0.05) is 19.7 Å². The Morgan fingerprint density at radius 3 is 2.89 bits per heavy atom. The smallest absolute Gasteiger partial charge is 0.231 e. The molecular weight excluding hydrogens is 266 g/mol. The number of aliphatic hydroxyl groups excluding tert-OH is 1. The molecule has 5 heteroatoms. The van der Waals surface area contributed by atoms with Crippen molar-refractivity contribution in [2.24, 2.45) is 5.41 Å². The number of nitrogens with one attached hydrogen (secondary N) is 1. The molecule has 0 aromatic heterocycles. The van der Waals surface area contributed by atoms with Crippen LogP contribution in [0.2, 0.25) is 5.02 Å². The van der Waals surface area contributed by atoms with Crippen LogP contribution >= 0.6 is 11.6 Å². The molecule has 106 valence electrons. The van der Waals surface area contributed by atoms with Crippen LogP contribution in [0.15, 0.2) is 12.1 Å². The van der Waals surface area contributed by atoms with Crippen LogP contribution in [0.25, 0.3) is 0 Å². The van der Waals surface area contributed by atoms with Crippen molar-refractivity contribution in [2.75, 3.05) is 19.9 Å². The Kier molecular flexibility index (Phi) is 4.55. The van der Waals surface area contributed by atoms with Gasteiger partial charge in [0.2, 0.25) is 6.79 Å². The number of hydrogen-bond acceptors (Lipinski definition) is 4. The quantitative estimate of drug-likeness (QED) is 0.843. The van der Waals surface area contributed by atoms with E-state index in [1.165, 1.54) is 0 Å². The van der Waals surface area contributed by atoms with E-state index in [2.05, 4.69) is 19.2 Å². The van der Waals surface area contributed by atoms with E-state index in [0.717, 1.165) is 18.5 Å². The maximum atomic E-state index is 8.98. The fourth-order valence-electron chi connectivity index (χ4n) is 2.06. The third-order valence-corrected chi connectivity index (χ3v) is 3.49. The number of rotatable bonds is 6. The molecule has 1 aliphatic heterocycles. The van der Waals surface area contributed by atoms with Crippen molar-refractivity contribution in [1.82, 2.24) is 5.32 Å². The van der Waals surface area contributed by atoms with Crippen molar-refractivity contribution in [3.8, 4) is 11.5 Å². The predicted molar refractivity (Wildman–Crippen MR) is 74.8 cm³/mol. The van der Waals surface area contributed by atoms with Gasteiger partial charge in [-0.3, -0.25) is 0 Å². The van der Waals surface area contributed by atoms with Crippen LogP contribution in [0.3, 0.4) is 0 Å². The van der Waals surface area contributed by atoms with Crippen LogP contribution in [0, 0.1) is 5.41 Å². The highest BCUT2D eigenvalue weighted by Crippen LogP contribution is 2.39. The maximum absolute atomic E-state index is 8.98. The maximum Gasteiger partial charge on any atom is 0.231 e. The summed E-state index contributed by atoms with van der Waals surface area (Å²) >= 11 is 6.13. The molecule has 0 aliphatic carbocycles. The van der Waals surface area contributed by atoms with Gasteiger partial charge in [-0.05, 0) is 29.5 Å². The van der Waals surface area contributed by atoms with Crippen molar-refractivity contribution >= 4 is 11.6 Å². The highest BCUT2D eigenvalue weighted by Gasteiger charge is 2.19. The first-order valence-corrected chi connectivity index (χ1v) is 6.79. The Balaban J connectivity index is 1.92. The van der Waals surface area contributed by atoms with Crippen molar-refractivity contribution in [3.63, 3.8) is 0 Å². The van der Waals surface area contributed by atoms with Crippen LogP contribution in [0.5, 0.6) is 11.5 Å². The zero-order valence-electron chi connectivity index (χ0n) is 11.3. The summed E-state index contributed by atoms with van der Waals surface area (Å²) in [6.07, 6.45) is 0.780. The lowest BCUT2D eigenvalue weighted by molar-refractivity contribution is 0.174. The van der Waals surface area contributed by atoms with Crippen LogP contribution in [0.1, 0.15) is 25.8 Å². The van der Waals surface area contributed by atoms with E-state index < -0.39 is 0 Å². The third kappa shape index (κ3) is 3.75. The monoisotopic (exact) mass is 285 g/mol. The second-order valence-electron chi connectivity index (χ2n) is 5.55. The topological polar surface area (TPSA) is 50.7 Å². The van der Waals surface area contributed by atoms with E-state index in [0.29, 0.717) is 23.1 Å². The molecule has 1 heterocycles. The summed E-state index contributed by atoms with van der Waals surface area (Å²) in [6, 6.07) is 3.83. The van der Waals surface area contributed by atoms with E-state index in [9.17, 15) is 0 Å². The lowest BCUT2D eigenvalue weighted by atomic mass is 9.90. The summed E-state index contributed by atoms with van der Waals surface area (Å²) in [4.78, 5) is 0. The van der Waals surface area contributed by atoms with E-state index in [4.69, 9.17) is 26.2 Å². The van der Waals surface area contributed by atoms with Gasteiger partial charge >= 0.3 is 0 Å². The minimum atomic E-state index is 0.0783. The van der Waals surface area contributed by atoms with Gasteiger partial charge in [-0.25, -0.2) is 0 Å². The van der Waals surface area contributed by atoms with E-state index in [1.54, 1.807) is 0 Å². The summed E-state index contributed by atoms with van der Waals surface area (Å²) < 4.78 is 10.6. The van der Waals surface area contributed by atoms with Gasteiger partial charge in [0.15, 0.2) is 11.5 Å². The van der Waals surface area contributed by atoms with Crippen molar-refractivity contribution in [2.45, 2.75) is 26.8 Å². The molecule has 0 saturated carbocycles. The molecule has 0 fully saturated rings. The van der Waals surface area contributed by atoms with Gasteiger partial charge < -0.3 is 19.9 Å². The Labute approximate surface area is 118 Å². The molecule has 0 bridgehead atoms. The standard InChI is InChI=1S/C14H20ClNO3/c1-14(2,3-4-17)8-16-7-10-5-11(15)13-12(6-10)18-9-19-13/h5-6,16-17H,3-4,7-9H2,1-2H3. The van der Waals surface area contributed by atoms with Crippen LogP contribution in [-0.4, -0.2) is 25.1 Å². The van der Waals surface area contributed by atoms with Gasteiger partial charge in [-0.2, -0.15) is 0 Å². The molecule has 1 aliphatic rings. The summed E-state index contributed by atoms with van der Waals surface area (Å²) in [5.74, 6) is 1.34. The van der Waals surface area contributed by atoms with Gasteiger partial charge in [0.1, 0.15) is 0 Å². The first kappa shape index (κ1) is 14.4. The molecule has 2 N–H and O–H groups in total. The van der Waals surface area contributed by atoms with E-state index >= 15 is 0 Å². The molecule has 0 amide bonds. The molecule has 4 nitrogen and oxygen atoms in total. The summed E-state index contributed by atoms with van der Waals surface area (Å²) in [7, 11) is 0. The first-order valence-electron chi connectivity index (χ1n) is 6.41. The molecule has 1 aromatic rings. The van der Waals surface area contributed by atoms with Crippen molar-refractivity contribution in [1.29, 1.82) is 0 Å². The lowest BCUT2D eigenvalue weighted by Crippen LogP contribution is -2.29. The number of fused-ring (bicyclic) bond motifs is 1. The first-order chi connectivity index (χ1) is 9.02. The molecular formula is C14H20ClNO3. The Morgan fingerprint density at radius 2 is 2.16 bits per heavy atom. The van der Waals surface area contributed by atoms with Crippen LogP contribution in [0.4, 0.5) is 0 Å². The van der Waals surface area contributed by atoms with Gasteiger partial charge in [0.05, 0.1) is 5.02 Å². The molecule has 19 heavy (non-hydrogen) atoms. The third-order valence-electron chi connectivity index (χ3n) is 3.21. The number of aliphatic hydroxyl groups is 1. The average Bonchev–Trinajstić information content (AvgIpc) is 2.77. The normalized spacial score (nSPS) is 13.9. The fourth-order valence-corrected chi connectivity index (χ4v) is 2.35. The average molecular weight is 286 g/mol. The van der Waals surface area contributed by atoms with E-state index in [1.807, 2.05) is 12.1 Å². The minimum Gasteiger partial charge on any atom is -0.454 e. The zero-order valence-corrected chi connectivity index (χ0v) is 12.1. The summed E-state index contributed by atoms with van der Waals surface area (Å²) in [5, 5.41) is 12.9. The zero-order chi connectivity index (χ0) is 13.9. The Bertz CT molecular complexity index is 449.